The van der Waals surface area contributed by atoms with Gasteiger partial charge in [-0.15, -0.1) is 11.3 Å². The van der Waals surface area contributed by atoms with Crippen LogP contribution in [0, 0.1) is 0 Å². The molecule has 0 saturated heterocycles. The van der Waals surface area contributed by atoms with E-state index >= 15 is 0 Å². The number of nitrogens with one attached hydrogen (secondary N) is 2. The van der Waals surface area contributed by atoms with Crippen LogP contribution in [0.4, 0.5) is 5.69 Å². The summed E-state index contributed by atoms with van der Waals surface area (Å²) in [5.41, 5.74) is 0.441. The molecule has 6 nitrogen and oxygen atoms in total. The van der Waals surface area contributed by atoms with Crippen molar-refractivity contribution < 1.29 is 19.1 Å². The van der Waals surface area contributed by atoms with Crippen molar-refractivity contribution in [3.8, 4) is 17.2 Å². The maximum atomic E-state index is 12.7. The largest absolute Gasteiger partial charge is 0.497 e. The van der Waals surface area contributed by atoms with E-state index in [0.717, 1.165) is 4.88 Å². The van der Waals surface area contributed by atoms with Crippen molar-refractivity contribution in [1.82, 2.24) is 5.32 Å². The third-order valence-electron chi connectivity index (χ3n) is 4.16. The second-order valence-electron chi connectivity index (χ2n) is 6.44. The molecule has 0 saturated carbocycles. The van der Waals surface area contributed by atoms with Crippen LogP contribution in [0.3, 0.4) is 0 Å². The Morgan fingerprint density at radius 2 is 1.83 bits per heavy atom. The van der Waals surface area contributed by atoms with Crippen LogP contribution < -0.4 is 20.1 Å². The average molecular weight is 445 g/mol. The second kappa shape index (κ2) is 10.1. The lowest BCUT2D eigenvalue weighted by molar-refractivity contribution is -0.120. The van der Waals surface area contributed by atoms with E-state index < -0.39 is 6.04 Å². The summed E-state index contributed by atoms with van der Waals surface area (Å²) in [4.78, 5) is 25.2. The van der Waals surface area contributed by atoms with Crippen molar-refractivity contribution in [3.63, 3.8) is 0 Å². The molecule has 0 spiro atoms. The molecule has 0 aliphatic heterocycles. The standard InChI is InChI=1S/C22H21ClN2O4S/c1-14(26)24-19(21-4-3-11-30-21)13-22(27)25-18-12-15(23)5-10-20(18)29-17-8-6-16(28-2)7-9-17/h3-12,19H,13H2,1-2H3,(H,24,26)(H,25,27). The van der Waals surface area contributed by atoms with Gasteiger partial charge < -0.3 is 20.1 Å². The van der Waals surface area contributed by atoms with Crippen LogP contribution in [0.25, 0.3) is 0 Å². The molecule has 2 aromatic carbocycles. The predicted molar refractivity (Wildman–Crippen MR) is 119 cm³/mol. The summed E-state index contributed by atoms with van der Waals surface area (Å²) in [7, 11) is 1.59. The highest BCUT2D eigenvalue weighted by Crippen LogP contribution is 2.33. The molecule has 1 atom stereocenters. The molecule has 3 rings (SSSR count). The van der Waals surface area contributed by atoms with Crippen LogP contribution in [0.2, 0.25) is 5.02 Å². The monoisotopic (exact) mass is 444 g/mol. The molecule has 2 amide bonds. The minimum Gasteiger partial charge on any atom is -0.497 e. The molecule has 1 aromatic heterocycles. The smallest absolute Gasteiger partial charge is 0.226 e. The highest BCUT2D eigenvalue weighted by atomic mass is 35.5. The molecule has 1 heterocycles. The molecule has 0 fully saturated rings. The summed E-state index contributed by atoms with van der Waals surface area (Å²) < 4.78 is 11.1. The first-order valence-electron chi connectivity index (χ1n) is 9.16. The zero-order valence-corrected chi connectivity index (χ0v) is 18.0. The molecule has 0 aliphatic rings. The number of rotatable bonds is 8. The first-order valence-corrected chi connectivity index (χ1v) is 10.4. The zero-order chi connectivity index (χ0) is 21.5. The number of anilines is 1. The van der Waals surface area contributed by atoms with Gasteiger partial charge in [0, 0.05) is 16.8 Å². The van der Waals surface area contributed by atoms with Gasteiger partial charge in [0.15, 0.2) is 5.75 Å². The van der Waals surface area contributed by atoms with E-state index in [4.69, 9.17) is 21.1 Å². The van der Waals surface area contributed by atoms with E-state index in [0.29, 0.717) is 28.0 Å². The van der Waals surface area contributed by atoms with E-state index in [-0.39, 0.29) is 18.2 Å². The molecule has 0 bridgehead atoms. The quantitative estimate of drug-likeness (QED) is 0.487. The fourth-order valence-electron chi connectivity index (χ4n) is 2.80. The van der Waals surface area contributed by atoms with Gasteiger partial charge in [-0.25, -0.2) is 0 Å². The number of ether oxygens (including phenoxy) is 2. The molecule has 156 valence electrons. The second-order valence-corrected chi connectivity index (χ2v) is 7.85. The summed E-state index contributed by atoms with van der Waals surface area (Å²) >= 11 is 7.60. The fraction of sp³-hybridized carbons (Fsp3) is 0.182. The number of carbonyl (C=O) groups is 2. The zero-order valence-electron chi connectivity index (χ0n) is 16.5. The summed E-state index contributed by atoms with van der Waals surface area (Å²) in [6, 6.07) is 15.4. The van der Waals surface area contributed by atoms with Gasteiger partial charge in [0.05, 0.1) is 25.3 Å². The summed E-state index contributed by atoms with van der Waals surface area (Å²) in [5.74, 6) is 1.27. The van der Waals surface area contributed by atoms with E-state index in [9.17, 15) is 9.59 Å². The van der Waals surface area contributed by atoms with Gasteiger partial charge in [-0.2, -0.15) is 0 Å². The highest BCUT2D eigenvalue weighted by molar-refractivity contribution is 7.10. The molecule has 2 N–H and O–H groups in total. The molecule has 30 heavy (non-hydrogen) atoms. The van der Waals surface area contributed by atoms with Crippen molar-refractivity contribution in [3.05, 3.63) is 69.9 Å². The lowest BCUT2D eigenvalue weighted by Crippen LogP contribution is -2.29. The number of carbonyl (C=O) groups excluding carboxylic acids is 2. The Bertz CT molecular complexity index is 1010. The summed E-state index contributed by atoms with van der Waals surface area (Å²) in [6.07, 6.45) is 0.0780. The van der Waals surface area contributed by atoms with Crippen molar-refractivity contribution in [2.24, 2.45) is 0 Å². The Labute approximate surface area is 183 Å². The van der Waals surface area contributed by atoms with Gasteiger partial charge in [-0.1, -0.05) is 17.7 Å². The summed E-state index contributed by atoms with van der Waals surface area (Å²) in [5, 5.41) is 8.02. The fourth-order valence-corrected chi connectivity index (χ4v) is 3.75. The summed E-state index contributed by atoms with van der Waals surface area (Å²) in [6.45, 7) is 1.43. The van der Waals surface area contributed by atoms with Crippen molar-refractivity contribution >= 4 is 40.4 Å². The molecule has 8 heteroatoms. The minimum absolute atomic E-state index is 0.0780. The third kappa shape index (κ3) is 5.98. The normalized spacial score (nSPS) is 11.4. The van der Waals surface area contributed by atoms with Crippen LogP contribution in [0.15, 0.2) is 60.0 Å². The maximum absolute atomic E-state index is 12.7. The lowest BCUT2D eigenvalue weighted by Gasteiger charge is -2.17. The predicted octanol–water partition coefficient (Wildman–Crippen LogP) is 5.41. The number of hydrogen-bond donors (Lipinski definition) is 2. The van der Waals surface area contributed by atoms with Crippen molar-refractivity contribution in [2.75, 3.05) is 12.4 Å². The Hall–Kier alpha value is -3.03. The number of amides is 2. The Balaban J connectivity index is 1.75. The number of hydrogen-bond acceptors (Lipinski definition) is 5. The van der Waals surface area contributed by atoms with Crippen LogP contribution in [-0.2, 0) is 9.59 Å². The molecular weight excluding hydrogens is 424 g/mol. The average Bonchev–Trinajstić information content (AvgIpc) is 3.24. The lowest BCUT2D eigenvalue weighted by atomic mass is 10.1. The van der Waals surface area contributed by atoms with Crippen molar-refractivity contribution in [1.29, 1.82) is 0 Å². The minimum atomic E-state index is -0.410. The van der Waals surface area contributed by atoms with Crippen LogP contribution in [-0.4, -0.2) is 18.9 Å². The van der Waals surface area contributed by atoms with E-state index in [1.165, 1.54) is 18.3 Å². The highest BCUT2D eigenvalue weighted by Gasteiger charge is 2.19. The van der Waals surface area contributed by atoms with Crippen LogP contribution in [0.1, 0.15) is 24.3 Å². The first kappa shape index (κ1) is 21.7. The Morgan fingerprint density at radius 1 is 1.10 bits per heavy atom. The number of thiophene rings is 1. The molecule has 3 aromatic rings. The first-order chi connectivity index (χ1) is 14.4. The van der Waals surface area contributed by atoms with Gasteiger partial charge in [-0.05, 0) is 53.9 Å². The molecular formula is C22H21ClN2O4S. The number of benzene rings is 2. The third-order valence-corrected chi connectivity index (χ3v) is 5.38. The van der Waals surface area contributed by atoms with Crippen molar-refractivity contribution in [2.45, 2.75) is 19.4 Å². The maximum Gasteiger partial charge on any atom is 0.226 e. The van der Waals surface area contributed by atoms with Crippen LogP contribution >= 0.6 is 22.9 Å². The topological polar surface area (TPSA) is 76.7 Å². The number of halogens is 1. The molecule has 0 aliphatic carbocycles. The van der Waals surface area contributed by atoms with E-state index in [1.54, 1.807) is 49.6 Å². The van der Waals surface area contributed by atoms with Gasteiger partial charge >= 0.3 is 0 Å². The number of methoxy groups -OCH3 is 1. The van der Waals surface area contributed by atoms with E-state index in [1.807, 2.05) is 17.5 Å². The van der Waals surface area contributed by atoms with E-state index in [2.05, 4.69) is 10.6 Å². The van der Waals surface area contributed by atoms with Gasteiger partial charge in [0.2, 0.25) is 11.8 Å². The SMILES string of the molecule is COc1ccc(Oc2ccc(Cl)cc2NC(=O)CC(NC(C)=O)c2cccs2)cc1. The molecule has 0 radical (unpaired) electrons. The van der Waals surface area contributed by atoms with Gasteiger partial charge in [-0.3, -0.25) is 9.59 Å². The Kier molecular flexibility index (Phi) is 7.32. The van der Waals surface area contributed by atoms with Gasteiger partial charge in [0.1, 0.15) is 11.5 Å². The van der Waals surface area contributed by atoms with Crippen LogP contribution in [0.5, 0.6) is 17.2 Å². The molecule has 1 unspecified atom stereocenters. The Morgan fingerprint density at radius 3 is 2.47 bits per heavy atom. The van der Waals surface area contributed by atoms with Gasteiger partial charge in [0.25, 0.3) is 0 Å².